The van der Waals surface area contributed by atoms with Crippen LogP contribution >= 0.6 is 11.3 Å². The van der Waals surface area contributed by atoms with Gasteiger partial charge in [-0.3, -0.25) is 10.1 Å². The third kappa shape index (κ3) is 2.71. The van der Waals surface area contributed by atoms with Crippen LogP contribution in [0.25, 0.3) is 21.6 Å². The van der Waals surface area contributed by atoms with Gasteiger partial charge < -0.3 is 4.74 Å². The number of thiophene rings is 1. The van der Waals surface area contributed by atoms with Crippen LogP contribution in [0.5, 0.6) is 5.75 Å². The second-order valence-corrected chi connectivity index (χ2v) is 5.62. The third-order valence-corrected chi connectivity index (χ3v) is 4.33. The molecule has 0 bridgehead atoms. The second-order valence-electron chi connectivity index (χ2n) is 4.70. The van der Waals surface area contributed by atoms with E-state index in [4.69, 9.17) is 4.74 Å². The zero-order valence-electron chi connectivity index (χ0n) is 11.9. The maximum atomic E-state index is 11.0. The fourth-order valence-electron chi connectivity index (χ4n) is 2.31. The fourth-order valence-corrected chi connectivity index (χ4v) is 3.23. The second kappa shape index (κ2) is 5.99. The summed E-state index contributed by atoms with van der Waals surface area (Å²) in [6.07, 6.45) is 0. The van der Waals surface area contributed by atoms with Crippen LogP contribution in [-0.4, -0.2) is 12.0 Å². The van der Waals surface area contributed by atoms with E-state index in [9.17, 15) is 10.1 Å². The van der Waals surface area contributed by atoms with Crippen molar-refractivity contribution in [3.05, 3.63) is 70.1 Å². The van der Waals surface area contributed by atoms with Gasteiger partial charge in [-0.05, 0) is 34.7 Å². The topological polar surface area (TPSA) is 52.4 Å². The number of nitro groups is 1. The minimum atomic E-state index is -0.373. The van der Waals surface area contributed by atoms with Crippen molar-refractivity contribution < 1.29 is 9.66 Å². The lowest BCUT2D eigenvalue weighted by molar-refractivity contribution is -0.384. The number of hydrogen-bond donors (Lipinski definition) is 0. The number of ether oxygens (including phenoxy) is 1. The number of nitro benzene ring substituents is 1. The van der Waals surface area contributed by atoms with Gasteiger partial charge in [-0.1, -0.05) is 24.3 Å². The molecule has 0 spiro atoms. The number of nitrogens with zero attached hydrogens (tertiary/aromatic N) is 1. The van der Waals surface area contributed by atoms with E-state index in [0.717, 1.165) is 27.3 Å². The Kier molecular flexibility index (Phi) is 3.89. The summed E-state index contributed by atoms with van der Waals surface area (Å²) >= 11 is 1.57. The number of benzene rings is 2. The molecule has 0 atom stereocenters. The third-order valence-electron chi connectivity index (χ3n) is 3.37. The predicted octanol–water partition coefficient (Wildman–Crippen LogP) is 5.00. The minimum Gasteiger partial charge on any atom is -0.497 e. The summed E-state index contributed by atoms with van der Waals surface area (Å²) in [5.74, 6) is 0.786. The highest BCUT2D eigenvalue weighted by Gasteiger charge is 2.13. The lowest BCUT2D eigenvalue weighted by atomic mass is 10.0. The van der Waals surface area contributed by atoms with Gasteiger partial charge in [-0.25, -0.2) is 0 Å². The molecule has 1 heterocycles. The van der Waals surface area contributed by atoms with E-state index >= 15 is 0 Å². The number of hydrogen-bond acceptors (Lipinski definition) is 4. The summed E-state index contributed by atoms with van der Waals surface area (Å²) in [4.78, 5) is 11.6. The molecular weight excluding hydrogens is 298 g/mol. The lowest BCUT2D eigenvalue weighted by Crippen LogP contribution is -1.88. The summed E-state index contributed by atoms with van der Waals surface area (Å²) in [6, 6.07) is 16.5. The van der Waals surface area contributed by atoms with Crippen LogP contribution in [0.4, 0.5) is 5.69 Å². The first-order valence-corrected chi connectivity index (χ1v) is 7.54. The number of methoxy groups -OCH3 is 1. The molecule has 0 radical (unpaired) electrons. The van der Waals surface area contributed by atoms with Gasteiger partial charge in [0.25, 0.3) is 5.69 Å². The molecule has 1 aromatic heterocycles. The van der Waals surface area contributed by atoms with Crippen molar-refractivity contribution in [3.63, 3.8) is 0 Å². The van der Waals surface area contributed by atoms with Crippen LogP contribution in [0.3, 0.4) is 0 Å². The van der Waals surface area contributed by atoms with E-state index in [1.807, 2.05) is 41.8 Å². The zero-order valence-corrected chi connectivity index (χ0v) is 12.7. The summed E-state index contributed by atoms with van der Waals surface area (Å²) in [6.45, 7) is 0. The van der Waals surface area contributed by atoms with Crippen molar-refractivity contribution in [2.45, 2.75) is 0 Å². The van der Waals surface area contributed by atoms with E-state index < -0.39 is 0 Å². The van der Waals surface area contributed by atoms with Crippen molar-refractivity contribution >= 4 is 17.0 Å². The molecule has 0 saturated carbocycles. The summed E-state index contributed by atoms with van der Waals surface area (Å²) < 4.78 is 5.26. The monoisotopic (exact) mass is 311 g/mol. The first-order chi connectivity index (χ1) is 10.7. The average molecular weight is 311 g/mol. The lowest BCUT2D eigenvalue weighted by Gasteiger charge is -2.06. The van der Waals surface area contributed by atoms with Crippen LogP contribution in [0.2, 0.25) is 0 Å². The highest BCUT2D eigenvalue weighted by Crippen LogP contribution is 2.38. The summed E-state index contributed by atoms with van der Waals surface area (Å²) in [5.41, 5.74) is 3.02. The molecule has 0 N–H and O–H groups in total. The SMILES string of the molecule is COc1cccc(-c2ccsc2-c2cccc([N+](=O)[O-])c2)c1. The van der Waals surface area contributed by atoms with Gasteiger partial charge in [-0.15, -0.1) is 11.3 Å². The molecular formula is C17H13NO3S. The molecule has 0 fully saturated rings. The Morgan fingerprint density at radius 1 is 1.05 bits per heavy atom. The molecule has 2 aromatic carbocycles. The molecule has 0 aliphatic carbocycles. The predicted molar refractivity (Wildman–Crippen MR) is 88.4 cm³/mol. The van der Waals surface area contributed by atoms with Gasteiger partial charge in [0.1, 0.15) is 5.75 Å². The van der Waals surface area contributed by atoms with Gasteiger partial charge in [-0.2, -0.15) is 0 Å². The van der Waals surface area contributed by atoms with E-state index in [-0.39, 0.29) is 10.6 Å². The molecule has 0 saturated heterocycles. The smallest absolute Gasteiger partial charge is 0.270 e. The van der Waals surface area contributed by atoms with Crippen molar-refractivity contribution in [3.8, 4) is 27.3 Å². The van der Waals surface area contributed by atoms with Crippen molar-refractivity contribution in [1.29, 1.82) is 0 Å². The van der Waals surface area contributed by atoms with Gasteiger partial charge in [0.15, 0.2) is 0 Å². The fraction of sp³-hybridized carbons (Fsp3) is 0.0588. The van der Waals surface area contributed by atoms with Crippen LogP contribution < -0.4 is 4.74 Å². The molecule has 4 nitrogen and oxygen atoms in total. The van der Waals surface area contributed by atoms with E-state index in [2.05, 4.69) is 0 Å². The molecule has 0 amide bonds. The Morgan fingerprint density at radius 2 is 1.82 bits per heavy atom. The van der Waals surface area contributed by atoms with Crippen molar-refractivity contribution in [2.24, 2.45) is 0 Å². The molecule has 110 valence electrons. The summed E-state index contributed by atoms with van der Waals surface area (Å²) in [5, 5.41) is 12.9. The van der Waals surface area contributed by atoms with Crippen molar-refractivity contribution in [1.82, 2.24) is 0 Å². The highest BCUT2D eigenvalue weighted by molar-refractivity contribution is 7.14. The summed E-state index contributed by atoms with van der Waals surface area (Å²) in [7, 11) is 1.63. The Labute approximate surface area is 131 Å². The Balaban J connectivity index is 2.09. The van der Waals surface area contributed by atoms with Crippen LogP contribution in [0, 0.1) is 10.1 Å². The van der Waals surface area contributed by atoms with Gasteiger partial charge in [0, 0.05) is 22.6 Å². The first kappa shape index (κ1) is 14.3. The number of rotatable bonds is 4. The molecule has 22 heavy (non-hydrogen) atoms. The van der Waals surface area contributed by atoms with Crippen LogP contribution in [-0.2, 0) is 0 Å². The Bertz CT molecular complexity index is 826. The van der Waals surface area contributed by atoms with Crippen LogP contribution in [0.1, 0.15) is 0 Å². The van der Waals surface area contributed by atoms with Gasteiger partial charge >= 0.3 is 0 Å². The Morgan fingerprint density at radius 3 is 2.59 bits per heavy atom. The largest absolute Gasteiger partial charge is 0.497 e. The zero-order chi connectivity index (χ0) is 15.5. The molecule has 0 unspecified atom stereocenters. The van der Waals surface area contributed by atoms with Crippen molar-refractivity contribution in [2.75, 3.05) is 7.11 Å². The maximum Gasteiger partial charge on any atom is 0.270 e. The number of non-ortho nitro benzene ring substituents is 1. The van der Waals surface area contributed by atoms with E-state index in [0.29, 0.717) is 0 Å². The molecule has 3 aromatic rings. The Hall–Kier alpha value is -2.66. The minimum absolute atomic E-state index is 0.0995. The molecule has 3 rings (SSSR count). The maximum absolute atomic E-state index is 11.0. The molecule has 0 aliphatic rings. The quantitative estimate of drug-likeness (QED) is 0.503. The van der Waals surface area contributed by atoms with Crippen LogP contribution in [0.15, 0.2) is 60.0 Å². The van der Waals surface area contributed by atoms with Gasteiger partial charge in [0.05, 0.1) is 12.0 Å². The highest BCUT2D eigenvalue weighted by atomic mass is 32.1. The standard InChI is InChI=1S/C17H13NO3S/c1-21-15-7-3-4-12(11-15)16-8-9-22-17(16)13-5-2-6-14(10-13)18(19)20/h2-11H,1H3. The first-order valence-electron chi connectivity index (χ1n) is 6.66. The van der Waals surface area contributed by atoms with E-state index in [1.54, 1.807) is 30.6 Å². The van der Waals surface area contributed by atoms with E-state index in [1.165, 1.54) is 6.07 Å². The molecule has 5 heteroatoms. The normalized spacial score (nSPS) is 10.4. The average Bonchev–Trinajstić information content (AvgIpc) is 3.04. The van der Waals surface area contributed by atoms with Gasteiger partial charge in [0.2, 0.25) is 0 Å². The molecule has 0 aliphatic heterocycles.